The van der Waals surface area contributed by atoms with E-state index in [9.17, 15) is 0 Å². The normalized spacial score (nSPS) is 11.1. The van der Waals surface area contributed by atoms with Crippen LogP contribution in [0.2, 0.25) is 0 Å². The van der Waals surface area contributed by atoms with Gasteiger partial charge >= 0.3 is 0 Å². The molecule has 2 nitrogen and oxygen atoms in total. The van der Waals surface area contributed by atoms with Gasteiger partial charge in [0, 0.05) is 11.1 Å². The van der Waals surface area contributed by atoms with Crippen molar-refractivity contribution >= 4 is 0 Å². The van der Waals surface area contributed by atoms with Gasteiger partial charge < -0.3 is 0 Å². The van der Waals surface area contributed by atoms with Gasteiger partial charge in [-0.25, -0.2) is 0 Å². The second-order valence-electron chi connectivity index (χ2n) is 6.56. The van der Waals surface area contributed by atoms with Crippen LogP contribution >= 0.6 is 0 Å². The summed E-state index contributed by atoms with van der Waals surface area (Å²) >= 11 is 0. The first kappa shape index (κ1) is 16.4. The molecule has 0 saturated carbocycles. The lowest BCUT2D eigenvalue weighted by Crippen LogP contribution is -2.07. The average Bonchev–Trinajstić information content (AvgIpc) is 2.44. The molecule has 0 fully saturated rings. The fraction of sp³-hybridized carbons (Fsp3) is 0.400. The Morgan fingerprint density at radius 2 is 1.00 bits per heavy atom. The third-order valence-corrected chi connectivity index (χ3v) is 3.80. The molecule has 0 spiro atoms. The third kappa shape index (κ3) is 3.82. The second kappa shape index (κ2) is 6.87. The zero-order valence-corrected chi connectivity index (χ0v) is 14.4. The predicted octanol–water partition coefficient (Wildman–Crippen LogP) is 5.92. The Bertz CT molecular complexity index is 585. The number of rotatable bonds is 5. The van der Waals surface area contributed by atoms with E-state index in [1.165, 1.54) is 0 Å². The van der Waals surface area contributed by atoms with E-state index in [4.69, 9.17) is 9.78 Å². The topological polar surface area (TPSA) is 18.5 Å². The van der Waals surface area contributed by atoms with Crippen molar-refractivity contribution in [1.82, 2.24) is 0 Å². The maximum absolute atomic E-state index is 5.71. The van der Waals surface area contributed by atoms with E-state index < -0.39 is 0 Å². The van der Waals surface area contributed by atoms with Crippen LogP contribution in [0.25, 0.3) is 0 Å². The van der Waals surface area contributed by atoms with E-state index in [0.29, 0.717) is 11.8 Å². The molecule has 0 aliphatic carbocycles. The minimum atomic E-state index is 0.390. The van der Waals surface area contributed by atoms with Crippen molar-refractivity contribution < 1.29 is 9.78 Å². The van der Waals surface area contributed by atoms with Crippen molar-refractivity contribution in [3.8, 4) is 11.5 Å². The van der Waals surface area contributed by atoms with Crippen LogP contribution in [0.1, 0.15) is 61.8 Å². The summed E-state index contributed by atoms with van der Waals surface area (Å²) < 4.78 is 0. The third-order valence-electron chi connectivity index (χ3n) is 3.80. The fourth-order valence-electron chi connectivity index (χ4n) is 2.47. The summed E-state index contributed by atoms with van der Waals surface area (Å²) in [5, 5.41) is 0. The molecule has 0 radical (unpaired) electrons. The van der Waals surface area contributed by atoms with Gasteiger partial charge in [0.15, 0.2) is 11.5 Å². The molecule has 2 aromatic carbocycles. The molecule has 0 atom stereocenters. The Hall–Kier alpha value is -1.96. The zero-order chi connectivity index (χ0) is 16.3. The monoisotopic (exact) mass is 298 g/mol. The van der Waals surface area contributed by atoms with Gasteiger partial charge in [-0.3, -0.25) is 9.78 Å². The molecule has 0 saturated heterocycles. The number of benzene rings is 2. The summed E-state index contributed by atoms with van der Waals surface area (Å²) in [5.74, 6) is 2.37. The molecule has 0 heterocycles. The van der Waals surface area contributed by atoms with Gasteiger partial charge in [0.05, 0.1) is 0 Å². The first-order chi connectivity index (χ1) is 10.4. The van der Waals surface area contributed by atoms with Crippen LogP contribution in [-0.2, 0) is 0 Å². The SMILES string of the molecule is Cc1ccc(C(C)C)c(OOc2cc(C)ccc2C(C)C)c1. The molecule has 0 unspecified atom stereocenters. The van der Waals surface area contributed by atoms with E-state index in [0.717, 1.165) is 33.8 Å². The van der Waals surface area contributed by atoms with Crippen LogP contribution in [0.4, 0.5) is 0 Å². The van der Waals surface area contributed by atoms with Crippen molar-refractivity contribution in [2.45, 2.75) is 53.4 Å². The highest BCUT2D eigenvalue weighted by atomic mass is 17.2. The van der Waals surface area contributed by atoms with E-state index in [2.05, 4.69) is 65.8 Å². The zero-order valence-electron chi connectivity index (χ0n) is 14.4. The highest BCUT2D eigenvalue weighted by molar-refractivity contribution is 5.41. The molecule has 2 rings (SSSR count). The molecule has 0 aromatic heterocycles. The summed E-state index contributed by atoms with van der Waals surface area (Å²) in [7, 11) is 0. The van der Waals surface area contributed by atoms with Crippen LogP contribution in [0.5, 0.6) is 11.5 Å². The van der Waals surface area contributed by atoms with Gasteiger partial charge in [0.25, 0.3) is 0 Å². The van der Waals surface area contributed by atoms with Crippen molar-refractivity contribution in [2.24, 2.45) is 0 Å². The average molecular weight is 298 g/mol. The molecule has 2 aromatic rings. The maximum Gasteiger partial charge on any atom is 0.182 e. The first-order valence-corrected chi connectivity index (χ1v) is 7.94. The van der Waals surface area contributed by atoms with Crippen molar-refractivity contribution in [3.63, 3.8) is 0 Å². The Morgan fingerprint density at radius 1 is 0.636 bits per heavy atom. The van der Waals surface area contributed by atoms with E-state index in [1.807, 2.05) is 12.1 Å². The van der Waals surface area contributed by atoms with Crippen LogP contribution in [0.3, 0.4) is 0 Å². The van der Waals surface area contributed by atoms with Crippen molar-refractivity contribution in [3.05, 3.63) is 58.7 Å². The Balaban J connectivity index is 2.27. The summed E-state index contributed by atoms with van der Waals surface area (Å²) in [6.45, 7) is 12.7. The lowest BCUT2D eigenvalue weighted by Gasteiger charge is -2.16. The molecule has 118 valence electrons. The van der Waals surface area contributed by atoms with Gasteiger partial charge in [0.2, 0.25) is 0 Å². The molecule has 0 aliphatic heterocycles. The lowest BCUT2D eigenvalue weighted by atomic mass is 10.0. The molecule has 0 N–H and O–H groups in total. The van der Waals surface area contributed by atoms with Crippen LogP contribution < -0.4 is 9.78 Å². The quantitative estimate of drug-likeness (QED) is 0.503. The van der Waals surface area contributed by atoms with Crippen LogP contribution in [0, 0.1) is 13.8 Å². The van der Waals surface area contributed by atoms with Gasteiger partial charge in [-0.05, 0) is 48.9 Å². The van der Waals surface area contributed by atoms with Crippen molar-refractivity contribution in [2.75, 3.05) is 0 Å². The molecule has 2 heteroatoms. The van der Waals surface area contributed by atoms with Crippen LogP contribution in [0.15, 0.2) is 36.4 Å². The molecule has 0 aliphatic rings. The summed E-state index contributed by atoms with van der Waals surface area (Å²) in [6.07, 6.45) is 0. The molecular formula is C20H26O2. The summed E-state index contributed by atoms with van der Waals surface area (Å²) in [5.41, 5.74) is 4.64. The molecule has 0 bridgehead atoms. The van der Waals surface area contributed by atoms with Gasteiger partial charge in [-0.1, -0.05) is 52.0 Å². The van der Waals surface area contributed by atoms with Gasteiger partial charge in [0.1, 0.15) is 0 Å². The molecular weight excluding hydrogens is 272 g/mol. The minimum Gasteiger partial charge on any atom is -0.290 e. The van der Waals surface area contributed by atoms with Crippen molar-refractivity contribution in [1.29, 1.82) is 0 Å². The second-order valence-corrected chi connectivity index (χ2v) is 6.56. The van der Waals surface area contributed by atoms with Gasteiger partial charge in [-0.15, -0.1) is 0 Å². The maximum atomic E-state index is 5.71. The first-order valence-electron chi connectivity index (χ1n) is 7.94. The Labute approximate surface area is 134 Å². The Kier molecular flexibility index (Phi) is 5.12. The lowest BCUT2D eigenvalue weighted by molar-refractivity contribution is -0.102. The smallest absolute Gasteiger partial charge is 0.182 e. The van der Waals surface area contributed by atoms with E-state index >= 15 is 0 Å². The fourth-order valence-corrected chi connectivity index (χ4v) is 2.47. The molecule has 22 heavy (non-hydrogen) atoms. The Morgan fingerprint density at radius 3 is 1.32 bits per heavy atom. The summed E-state index contributed by atoms with van der Waals surface area (Å²) in [6, 6.07) is 12.5. The highest BCUT2D eigenvalue weighted by Crippen LogP contribution is 2.31. The molecule has 0 amide bonds. The van der Waals surface area contributed by atoms with E-state index in [-0.39, 0.29) is 0 Å². The number of hydrogen-bond acceptors (Lipinski definition) is 2. The summed E-state index contributed by atoms with van der Waals surface area (Å²) in [4.78, 5) is 11.4. The number of hydrogen-bond donors (Lipinski definition) is 0. The standard InChI is InChI=1S/C20H26O2/c1-13(2)17-9-7-15(5)11-19(17)21-22-20-12-16(6)8-10-18(20)14(3)4/h7-14H,1-6H3. The minimum absolute atomic E-state index is 0.390. The largest absolute Gasteiger partial charge is 0.290 e. The van der Waals surface area contributed by atoms with Gasteiger partial charge in [-0.2, -0.15) is 0 Å². The predicted molar refractivity (Wildman–Crippen MR) is 91.8 cm³/mol. The highest BCUT2D eigenvalue weighted by Gasteiger charge is 2.13. The van der Waals surface area contributed by atoms with Crippen LogP contribution in [-0.4, -0.2) is 0 Å². The number of aryl methyl sites for hydroxylation is 2. The van der Waals surface area contributed by atoms with E-state index in [1.54, 1.807) is 0 Å².